The standard InChI is InChI=1S/C18H22ClN3O2/c1-17(2,3)16(23)21-15-10-6-18(24,7-11(10)15)13-4-9(19)5-14-12(13)8-20-22-14/h4-5,8,10-11,15,24H,6-7H2,1-3H3,(H,20,22)(H,21,23). The largest absolute Gasteiger partial charge is 0.385 e. The summed E-state index contributed by atoms with van der Waals surface area (Å²) < 4.78 is 0. The molecule has 1 amide bonds. The highest BCUT2D eigenvalue weighted by Gasteiger charge is 2.62. The molecule has 2 atom stereocenters. The second-order valence-corrected chi connectivity index (χ2v) is 8.74. The van der Waals surface area contributed by atoms with Gasteiger partial charge in [-0.1, -0.05) is 32.4 Å². The molecule has 4 rings (SSSR count). The third kappa shape index (κ3) is 2.42. The van der Waals surface area contributed by atoms with Crippen LogP contribution in [-0.2, 0) is 10.4 Å². The summed E-state index contributed by atoms with van der Waals surface area (Å²) in [6.07, 6.45) is 3.03. The van der Waals surface area contributed by atoms with Gasteiger partial charge in [-0.25, -0.2) is 0 Å². The number of aliphatic hydroxyl groups is 1. The minimum atomic E-state index is -0.898. The predicted octanol–water partition coefficient (Wildman–Crippen LogP) is 2.97. The van der Waals surface area contributed by atoms with Gasteiger partial charge in [-0.15, -0.1) is 0 Å². The van der Waals surface area contributed by atoms with E-state index < -0.39 is 5.60 Å². The number of rotatable bonds is 2. The number of carbonyl (C=O) groups is 1. The fraction of sp³-hybridized carbons (Fsp3) is 0.556. The molecule has 6 heteroatoms. The molecule has 128 valence electrons. The number of nitrogens with zero attached hydrogens (tertiary/aromatic N) is 1. The molecule has 0 saturated heterocycles. The number of hydrogen-bond acceptors (Lipinski definition) is 3. The summed E-state index contributed by atoms with van der Waals surface area (Å²) in [5, 5.41) is 22.8. The average Bonchev–Trinajstić information content (AvgIpc) is 2.88. The molecular formula is C18H22ClN3O2. The summed E-state index contributed by atoms with van der Waals surface area (Å²) in [5.74, 6) is 0.745. The molecule has 3 N–H and O–H groups in total. The third-order valence-corrected chi connectivity index (χ3v) is 5.70. The van der Waals surface area contributed by atoms with Crippen LogP contribution in [0.1, 0.15) is 39.2 Å². The summed E-state index contributed by atoms with van der Waals surface area (Å²) >= 11 is 6.20. The Morgan fingerprint density at radius 2 is 2.04 bits per heavy atom. The van der Waals surface area contributed by atoms with Crippen LogP contribution in [0.5, 0.6) is 0 Å². The first kappa shape index (κ1) is 15.9. The molecule has 1 heterocycles. The lowest BCUT2D eigenvalue weighted by Crippen LogP contribution is -2.39. The molecule has 24 heavy (non-hydrogen) atoms. The number of carbonyl (C=O) groups excluding carboxylic acids is 1. The summed E-state index contributed by atoms with van der Waals surface area (Å²) in [7, 11) is 0. The van der Waals surface area contributed by atoms with Gasteiger partial charge in [0.25, 0.3) is 0 Å². The summed E-state index contributed by atoms with van der Waals surface area (Å²) in [6, 6.07) is 3.85. The number of halogens is 1. The summed E-state index contributed by atoms with van der Waals surface area (Å²) in [4.78, 5) is 12.2. The number of amides is 1. The number of aromatic nitrogens is 2. The molecule has 2 aromatic rings. The van der Waals surface area contributed by atoms with Gasteiger partial charge in [-0.05, 0) is 42.4 Å². The lowest BCUT2D eigenvalue weighted by Gasteiger charge is -2.28. The van der Waals surface area contributed by atoms with Crippen molar-refractivity contribution in [1.82, 2.24) is 15.5 Å². The maximum Gasteiger partial charge on any atom is 0.225 e. The van der Waals surface area contributed by atoms with Crippen LogP contribution in [0.3, 0.4) is 0 Å². The van der Waals surface area contributed by atoms with Gasteiger partial charge in [0, 0.05) is 21.9 Å². The summed E-state index contributed by atoms with van der Waals surface area (Å²) in [5.41, 5.74) is 0.393. The average molecular weight is 348 g/mol. The molecule has 1 aromatic carbocycles. The van der Waals surface area contributed by atoms with E-state index in [-0.39, 0.29) is 17.4 Å². The van der Waals surface area contributed by atoms with Crippen molar-refractivity contribution >= 4 is 28.4 Å². The van der Waals surface area contributed by atoms with Crippen LogP contribution in [0.15, 0.2) is 18.3 Å². The van der Waals surface area contributed by atoms with Crippen molar-refractivity contribution in [2.45, 2.75) is 45.3 Å². The zero-order valence-corrected chi connectivity index (χ0v) is 14.8. The van der Waals surface area contributed by atoms with Crippen molar-refractivity contribution in [2.75, 3.05) is 0 Å². The first-order chi connectivity index (χ1) is 11.2. The van der Waals surface area contributed by atoms with E-state index in [4.69, 9.17) is 11.6 Å². The summed E-state index contributed by atoms with van der Waals surface area (Å²) in [6.45, 7) is 5.75. The Bertz CT molecular complexity index is 811. The van der Waals surface area contributed by atoms with Crippen LogP contribution < -0.4 is 5.32 Å². The second kappa shape index (κ2) is 4.96. The maximum absolute atomic E-state index is 12.2. The Morgan fingerprint density at radius 3 is 2.67 bits per heavy atom. The number of hydrogen-bond donors (Lipinski definition) is 3. The second-order valence-electron chi connectivity index (χ2n) is 8.30. The van der Waals surface area contributed by atoms with Crippen molar-refractivity contribution in [2.24, 2.45) is 17.3 Å². The topological polar surface area (TPSA) is 78.0 Å². The van der Waals surface area contributed by atoms with Crippen molar-refractivity contribution in [1.29, 1.82) is 0 Å². The Hall–Kier alpha value is -1.59. The van der Waals surface area contributed by atoms with E-state index in [0.29, 0.717) is 29.7 Å². The maximum atomic E-state index is 12.2. The lowest BCUT2D eigenvalue weighted by atomic mass is 9.86. The smallest absolute Gasteiger partial charge is 0.225 e. The van der Waals surface area contributed by atoms with Crippen LogP contribution in [0.4, 0.5) is 0 Å². The number of nitrogens with one attached hydrogen (secondary N) is 2. The van der Waals surface area contributed by atoms with Gasteiger partial charge in [0.1, 0.15) is 0 Å². The van der Waals surface area contributed by atoms with Gasteiger partial charge in [0.2, 0.25) is 5.91 Å². The highest BCUT2D eigenvalue weighted by molar-refractivity contribution is 6.31. The van der Waals surface area contributed by atoms with Gasteiger partial charge in [-0.3, -0.25) is 9.89 Å². The first-order valence-electron chi connectivity index (χ1n) is 8.35. The molecule has 2 unspecified atom stereocenters. The first-order valence-corrected chi connectivity index (χ1v) is 8.73. The fourth-order valence-corrected chi connectivity index (χ4v) is 4.29. The SMILES string of the molecule is CC(C)(C)C(=O)NC1C2CC(O)(c3cc(Cl)cc4[nH]ncc34)CC21. The molecule has 0 bridgehead atoms. The van der Waals surface area contributed by atoms with Gasteiger partial charge in [0.05, 0.1) is 17.3 Å². The zero-order valence-electron chi connectivity index (χ0n) is 14.1. The van der Waals surface area contributed by atoms with Crippen molar-refractivity contribution in [3.05, 3.63) is 28.9 Å². The van der Waals surface area contributed by atoms with Gasteiger partial charge < -0.3 is 10.4 Å². The van der Waals surface area contributed by atoms with Crippen LogP contribution in [0, 0.1) is 17.3 Å². The number of fused-ring (bicyclic) bond motifs is 2. The van der Waals surface area contributed by atoms with Crippen LogP contribution in [0.25, 0.3) is 10.9 Å². The fourth-order valence-electron chi connectivity index (χ4n) is 4.07. The predicted molar refractivity (Wildman–Crippen MR) is 92.6 cm³/mol. The molecule has 2 fully saturated rings. The molecule has 0 aliphatic heterocycles. The molecular weight excluding hydrogens is 326 g/mol. The van der Waals surface area contributed by atoms with E-state index in [9.17, 15) is 9.90 Å². The van der Waals surface area contributed by atoms with Crippen molar-refractivity contribution in [3.8, 4) is 0 Å². The minimum absolute atomic E-state index is 0.0745. The monoisotopic (exact) mass is 347 g/mol. The zero-order chi connectivity index (χ0) is 17.3. The Morgan fingerprint density at radius 1 is 1.38 bits per heavy atom. The normalized spacial score (nSPS) is 32.0. The van der Waals surface area contributed by atoms with Crippen molar-refractivity contribution < 1.29 is 9.90 Å². The number of aromatic amines is 1. The van der Waals surface area contributed by atoms with E-state index >= 15 is 0 Å². The van der Waals surface area contributed by atoms with Crippen LogP contribution in [0.2, 0.25) is 5.02 Å². The molecule has 1 aromatic heterocycles. The molecule has 2 saturated carbocycles. The molecule has 0 spiro atoms. The molecule has 5 nitrogen and oxygen atoms in total. The Labute approximate surface area is 145 Å². The molecule has 2 aliphatic carbocycles. The number of H-pyrrole nitrogens is 1. The minimum Gasteiger partial charge on any atom is -0.385 e. The lowest BCUT2D eigenvalue weighted by molar-refractivity contribution is -0.129. The van der Waals surface area contributed by atoms with E-state index in [1.165, 1.54) is 0 Å². The van der Waals surface area contributed by atoms with E-state index in [0.717, 1.165) is 16.5 Å². The molecule has 0 radical (unpaired) electrons. The number of benzene rings is 1. The quantitative estimate of drug-likeness (QED) is 0.781. The van der Waals surface area contributed by atoms with E-state index in [2.05, 4.69) is 15.5 Å². The van der Waals surface area contributed by atoms with Crippen molar-refractivity contribution in [3.63, 3.8) is 0 Å². The third-order valence-electron chi connectivity index (χ3n) is 5.48. The van der Waals surface area contributed by atoms with Gasteiger partial charge in [-0.2, -0.15) is 5.10 Å². The molecule has 2 aliphatic rings. The van der Waals surface area contributed by atoms with Crippen LogP contribution in [-0.4, -0.2) is 27.3 Å². The van der Waals surface area contributed by atoms with Gasteiger partial charge >= 0.3 is 0 Å². The van der Waals surface area contributed by atoms with Gasteiger partial charge in [0.15, 0.2) is 0 Å². The Balaban J connectivity index is 1.54. The van der Waals surface area contributed by atoms with Crippen LogP contribution >= 0.6 is 11.6 Å². The van der Waals surface area contributed by atoms with E-state index in [1.54, 1.807) is 6.20 Å². The van der Waals surface area contributed by atoms with E-state index in [1.807, 2.05) is 32.9 Å². The highest BCUT2D eigenvalue weighted by Crippen LogP contribution is 2.60. The highest BCUT2D eigenvalue weighted by atomic mass is 35.5. The Kier molecular flexibility index (Phi) is 3.29.